The molecule has 0 aromatic carbocycles. The monoisotopic (exact) mass is 71.0 g/mol. The Hall–Kier alpha value is -0.710. The topological polar surface area (TPSA) is 33.0 Å². The van der Waals surface area contributed by atoms with Crippen LogP contribution in [0.15, 0.2) is 0 Å². The van der Waals surface area contributed by atoms with E-state index >= 15 is 0 Å². The molecule has 2 nitrogen and oxygen atoms in total. The lowest BCUT2D eigenvalue weighted by Crippen LogP contribution is -1.73. The van der Waals surface area contributed by atoms with Gasteiger partial charge >= 0.3 is 0 Å². The Morgan fingerprint density at radius 1 is 2.00 bits per heavy atom. The van der Waals surface area contributed by atoms with Crippen molar-refractivity contribution < 1.29 is 4.74 Å². The molecule has 0 radical (unpaired) electrons. The van der Waals surface area contributed by atoms with Crippen LogP contribution in [0.5, 0.6) is 0 Å². The van der Waals surface area contributed by atoms with Gasteiger partial charge in [0.25, 0.3) is 6.26 Å². The zero-order valence-electron chi connectivity index (χ0n) is 3.06. The summed E-state index contributed by atoms with van der Waals surface area (Å²) >= 11 is 0. The molecule has 0 aliphatic rings. The second-order valence-corrected chi connectivity index (χ2v) is 0.524. The Morgan fingerprint density at radius 2 is 2.60 bits per heavy atom. The Morgan fingerprint density at radius 3 is 2.60 bits per heavy atom. The first-order valence-corrected chi connectivity index (χ1v) is 1.42. The van der Waals surface area contributed by atoms with Gasteiger partial charge in [-0.3, -0.25) is 0 Å². The van der Waals surface area contributed by atoms with Crippen LogP contribution in [0, 0.1) is 11.5 Å². The van der Waals surface area contributed by atoms with Crippen molar-refractivity contribution in [2.45, 2.75) is 6.92 Å². The summed E-state index contributed by atoms with van der Waals surface area (Å²) in [7, 11) is 0. The predicted molar refractivity (Wildman–Crippen MR) is 17.2 cm³/mol. The van der Waals surface area contributed by atoms with E-state index in [2.05, 4.69) is 4.74 Å². The van der Waals surface area contributed by atoms with E-state index in [9.17, 15) is 0 Å². The third-order valence-corrected chi connectivity index (χ3v) is 0.209. The van der Waals surface area contributed by atoms with Crippen molar-refractivity contribution in [3.8, 4) is 6.26 Å². The third kappa shape index (κ3) is 3.29. The largest absolute Gasteiger partial charge is 0.428 e. The number of nitrogens with zero attached hydrogens (tertiary/aromatic N) is 1. The van der Waals surface area contributed by atoms with Crippen LogP contribution in [0.25, 0.3) is 0 Å². The van der Waals surface area contributed by atoms with Crippen LogP contribution >= 0.6 is 0 Å². The standard InChI is InChI=1S/C3H5NO/c1-2-5-3-4/h2H2,1H3. The van der Waals surface area contributed by atoms with Crippen molar-refractivity contribution in [1.29, 1.82) is 5.26 Å². The Balaban J connectivity index is 2.48. The van der Waals surface area contributed by atoms with Crippen molar-refractivity contribution in [1.82, 2.24) is 0 Å². The SMILES string of the molecule is CCOC#N. The maximum atomic E-state index is 7.59. The quantitative estimate of drug-likeness (QED) is 0.422. The molecule has 0 heterocycles. The molecule has 2 heteroatoms. The molecule has 0 fully saturated rings. The van der Waals surface area contributed by atoms with Crippen LogP contribution in [0.1, 0.15) is 6.92 Å². The summed E-state index contributed by atoms with van der Waals surface area (Å²) in [6.45, 7) is 2.25. The maximum Gasteiger partial charge on any atom is 0.286 e. The van der Waals surface area contributed by atoms with E-state index in [4.69, 9.17) is 5.26 Å². The van der Waals surface area contributed by atoms with Crippen LogP contribution in [0.4, 0.5) is 0 Å². The van der Waals surface area contributed by atoms with E-state index in [1.807, 2.05) is 0 Å². The average Bonchev–Trinajstić information content (AvgIpc) is 1.41. The van der Waals surface area contributed by atoms with Gasteiger partial charge in [-0.2, -0.15) is 5.26 Å². The molecule has 0 bridgehead atoms. The molecule has 0 unspecified atom stereocenters. The van der Waals surface area contributed by atoms with Crippen LogP contribution in [0.2, 0.25) is 0 Å². The molecular weight excluding hydrogens is 66.0 g/mol. The van der Waals surface area contributed by atoms with Gasteiger partial charge in [-0.1, -0.05) is 0 Å². The highest BCUT2D eigenvalue weighted by atomic mass is 16.5. The summed E-state index contributed by atoms with van der Waals surface area (Å²) in [5.74, 6) is 0. The minimum atomic E-state index is 0.483. The molecule has 0 rings (SSSR count). The molecule has 0 aliphatic heterocycles. The number of hydrogen-bond donors (Lipinski definition) is 0. The minimum Gasteiger partial charge on any atom is -0.428 e. The van der Waals surface area contributed by atoms with Crippen molar-refractivity contribution in [2.75, 3.05) is 6.61 Å². The zero-order chi connectivity index (χ0) is 4.12. The fourth-order valence-corrected chi connectivity index (χ4v) is 0.0645. The molecule has 0 amide bonds. The van der Waals surface area contributed by atoms with Gasteiger partial charge in [0.15, 0.2) is 0 Å². The first-order valence-electron chi connectivity index (χ1n) is 1.42. The van der Waals surface area contributed by atoms with Crippen LogP contribution < -0.4 is 0 Å². The third-order valence-electron chi connectivity index (χ3n) is 0.209. The van der Waals surface area contributed by atoms with Crippen LogP contribution in [0.3, 0.4) is 0 Å². The molecule has 0 saturated carbocycles. The van der Waals surface area contributed by atoms with Gasteiger partial charge in [0.05, 0.1) is 6.61 Å². The van der Waals surface area contributed by atoms with E-state index in [0.29, 0.717) is 6.61 Å². The molecular formula is C3H5NO. The first kappa shape index (κ1) is 4.29. The summed E-state index contributed by atoms with van der Waals surface area (Å²) in [5, 5.41) is 7.59. The van der Waals surface area contributed by atoms with Crippen molar-refractivity contribution in [2.24, 2.45) is 0 Å². The molecule has 0 spiro atoms. The fourth-order valence-electron chi connectivity index (χ4n) is 0.0645. The van der Waals surface area contributed by atoms with Gasteiger partial charge in [-0.25, -0.2) is 0 Å². The Bertz CT molecular complexity index is 45.3. The lowest BCUT2D eigenvalue weighted by atomic mass is 10.9. The zero-order valence-corrected chi connectivity index (χ0v) is 3.06. The van der Waals surface area contributed by atoms with Gasteiger partial charge in [0, 0.05) is 0 Å². The summed E-state index contributed by atoms with van der Waals surface area (Å²) in [4.78, 5) is 0. The smallest absolute Gasteiger partial charge is 0.286 e. The number of hydrogen-bond acceptors (Lipinski definition) is 2. The van der Waals surface area contributed by atoms with Crippen LogP contribution in [-0.4, -0.2) is 6.61 Å². The molecule has 5 heavy (non-hydrogen) atoms. The molecule has 0 saturated heterocycles. The maximum absolute atomic E-state index is 7.59. The Labute approximate surface area is 31.0 Å². The van der Waals surface area contributed by atoms with E-state index in [1.54, 1.807) is 6.92 Å². The van der Waals surface area contributed by atoms with E-state index < -0.39 is 0 Å². The van der Waals surface area contributed by atoms with Gasteiger partial charge in [-0.05, 0) is 6.92 Å². The molecule has 0 N–H and O–H groups in total. The lowest BCUT2D eigenvalue weighted by Gasteiger charge is -1.76. The highest BCUT2D eigenvalue weighted by Gasteiger charge is 1.60. The van der Waals surface area contributed by atoms with E-state index in [0.717, 1.165) is 0 Å². The van der Waals surface area contributed by atoms with E-state index in [1.165, 1.54) is 6.26 Å². The van der Waals surface area contributed by atoms with Gasteiger partial charge < -0.3 is 4.74 Å². The second kappa shape index (κ2) is 3.29. The molecule has 0 aromatic rings. The normalized spacial score (nSPS) is 5.60. The second-order valence-electron chi connectivity index (χ2n) is 0.524. The van der Waals surface area contributed by atoms with Gasteiger partial charge in [0.1, 0.15) is 0 Å². The number of nitriles is 1. The van der Waals surface area contributed by atoms with E-state index in [-0.39, 0.29) is 0 Å². The first-order chi connectivity index (χ1) is 2.41. The van der Waals surface area contributed by atoms with Gasteiger partial charge in [-0.15, -0.1) is 0 Å². The van der Waals surface area contributed by atoms with Gasteiger partial charge in [0.2, 0.25) is 0 Å². The number of ether oxygens (including phenoxy) is 1. The highest BCUT2D eigenvalue weighted by Crippen LogP contribution is 1.58. The molecule has 0 aliphatic carbocycles. The summed E-state index contributed by atoms with van der Waals surface area (Å²) in [6.07, 6.45) is 1.52. The average molecular weight is 71.1 g/mol. The Kier molecular flexibility index (Phi) is 2.82. The predicted octanol–water partition coefficient (Wildman–Crippen LogP) is 0.504. The van der Waals surface area contributed by atoms with Crippen molar-refractivity contribution >= 4 is 0 Å². The summed E-state index contributed by atoms with van der Waals surface area (Å²) in [6, 6.07) is 0. The summed E-state index contributed by atoms with van der Waals surface area (Å²) in [5.41, 5.74) is 0. The van der Waals surface area contributed by atoms with Crippen molar-refractivity contribution in [3.05, 3.63) is 0 Å². The van der Waals surface area contributed by atoms with Crippen molar-refractivity contribution in [3.63, 3.8) is 0 Å². The molecule has 28 valence electrons. The molecule has 0 aromatic heterocycles. The minimum absolute atomic E-state index is 0.483. The lowest BCUT2D eigenvalue weighted by molar-refractivity contribution is 0.291. The number of rotatable bonds is 1. The summed E-state index contributed by atoms with van der Waals surface area (Å²) < 4.78 is 4.14. The fraction of sp³-hybridized carbons (Fsp3) is 0.667. The highest BCUT2D eigenvalue weighted by molar-refractivity contribution is 4.42. The van der Waals surface area contributed by atoms with Crippen LogP contribution in [-0.2, 0) is 4.74 Å². The molecule has 0 atom stereocenters.